The highest BCUT2D eigenvalue weighted by Crippen LogP contribution is 2.62. The van der Waals surface area contributed by atoms with Gasteiger partial charge in [-0.3, -0.25) is 9.59 Å². The molecule has 0 bridgehead atoms. The standard InChI is InChI=1S/C23H36N2O4/c1-22-10-8-18-16(17(22)5-6-19(22)26)14-21(27)29-20-13-15(7-9-23(18,20)2)25-28-12-4-11-24-3/h16-18,20,24H,4-14H2,1-3H3/b25-15-/t16-,17-,18-,20?,22-,23+/m0/s1. The summed E-state index contributed by atoms with van der Waals surface area (Å²) < 4.78 is 6.02. The van der Waals surface area contributed by atoms with E-state index in [1.165, 1.54) is 0 Å². The first-order valence-electron chi connectivity index (χ1n) is 11.4. The van der Waals surface area contributed by atoms with Gasteiger partial charge in [-0.05, 0) is 69.9 Å². The van der Waals surface area contributed by atoms with Crippen molar-refractivity contribution in [2.45, 2.75) is 77.7 Å². The summed E-state index contributed by atoms with van der Waals surface area (Å²) in [4.78, 5) is 30.9. The summed E-state index contributed by atoms with van der Waals surface area (Å²) in [6.45, 7) is 5.98. The van der Waals surface area contributed by atoms with E-state index in [1.54, 1.807) is 0 Å². The third-order valence-electron chi connectivity index (χ3n) is 8.63. The van der Waals surface area contributed by atoms with E-state index in [-0.39, 0.29) is 28.8 Å². The molecule has 1 unspecified atom stereocenters. The average Bonchev–Trinajstić information content (AvgIpc) is 2.93. The van der Waals surface area contributed by atoms with Crippen LogP contribution in [0.25, 0.3) is 0 Å². The molecule has 4 aliphatic rings. The van der Waals surface area contributed by atoms with Crippen LogP contribution in [0.3, 0.4) is 0 Å². The molecule has 0 spiro atoms. The molecule has 29 heavy (non-hydrogen) atoms. The molecule has 0 aromatic heterocycles. The number of hydrogen-bond donors (Lipinski definition) is 1. The molecule has 4 rings (SSSR count). The van der Waals surface area contributed by atoms with Crippen molar-refractivity contribution in [2.75, 3.05) is 20.2 Å². The Hall–Kier alpha value is -1.43. The Morgan fingerprint density at radius 1 is 1.14 bits per heavy atom. The largest absolute Gasteiger partial charge is 0.461 e. The third kappa shape index (κ3) is 3.62. The summed E-state index contributed by atoms with van der Waals surface area (Å²) in [7, 11) is 1.93. The predicted octanol–water partition coefficient (Wildman–Crippen LogP) is 3.49. The van der Waals surface area contributed by atoms with E-state index in [1.807, 2.05) is 7.05 Å². The van der Waals surface area contributed by atoms with Crippen LogP contribution in [-0.2, 0) is 19.2 Å². The van der Waals surface area contributed by atoms with Crippen molar-refractivity contribution in [3.05, 3.63) is 0 Å². The van der Waals surface area contributed by atoms with Crippen molar-refractivity contribution >= 4 is 17.5 Å². The first kappa shape index (κ1) is 20.8. The van der Waals surface area contributed by atoms with Gasteiger partial charge in [0.05, 0.1) is 5.71 Å². The minimum Gasteiger partial charge on any atom is -0.461 e. The second-order valence-electron chi connectivity index (χ2n) is 10.1. The van der Waals surface area contributed by atoms with E-state index in [0.29, 0.717) is 43.5 Å². The van der Waals surface area contributed by atoms with Crippen molar-refractivity contribution in [1.82, 2.24) is 5.32 Å². The maximum atomic E-state index is 12.8. The van der Waals surface area contributed by atoms with Gasteiger partial charge in [0.2, 0.25) is 0 Å². The highest BCUT2D eigenvalue weighted by Gasteiger charge is 2.60. The number of ether oxygens (including phenoxy) is 1. The van der Waals surface area contributed by atoms with Crippen molar-refractivity contribution in [3.63, 3.8) is 0 Å². The van der Waals surface area contributed by atoms with E-state index in [2.05, 4.69) is 24.3 Å². The number of carbonyl (C=O) groups excluding carboxylic acids is 2. The summed E-state index contributed by atoms with van der Waals surface area (Å²) in [5.74, 6) is 1.38. The molecule has 6 heteroatoms. The molecule has 1 heterocycles. The van der Waals surface area contributed by atoms with Gasteiger partial charge in [0.1, 0.15) is 18.5 Å². The highest BCUT2D eigenvalue weighted by atomic mass is 16.6. The molecular formula is C23H36N2O4. The number of carbonyl (C=O) groups is 2. The number of hydrogen-bond acceptors (Lipinski definition) is 6. The van der Waals surface area contributed by atoms with E-state index in [9.17, 15) is 9.59 Å². The van der Waals surface area contributed by atoms with Crippen molar-refractivity contribution in [3.8, 4) is 0 Å². The monoisotopic (exact) mass is 404 g/mol. The summed E-state index contributed by atoms with van der Waals surface area (Å²) in [6, 6.07) is 0. The molecule has 162 valence electrons. The van der Waals surface area contributed by atoms with Crippen LogP contribution in [0.2, 0.25) is 0 Å². The molecule has 6 nitrogen and oxygen atoms in total. The molecular weight excluding hydrogens is 368 g/mol. The summed E-state index contributed by atoms with van der Waals surface area (Å²) in [6.07, 6.45) is 7.44. The minimum absolute atomic E-state index is 0.0328. The lowest BCUT2D eigenvalue weighted by molar-refractivity contribution is -0.154. The van der Waals surface area contributed by atoms with Crippen LogP contribution in [0.1, 0.15) is 71.6 Å². The molecule has 0 aromatic rings. The molecule has 0 amide bonds. The van der Waals surface area contributed by atoms with Gasteiger partial charge in [0, 0.05) is 30.1 Å². The molecule has 1 saturated heterocycles. The molecule has 0 aromatic carbocycles. The Balaban J connectivity index is 1.51. The molecule has 3 aliphatic carbocycles. The Morgan fingerprint density at radius 2 is 1.97 bits per heavy atom. The molecule has 6 atom stereocenters. The van der Waals surface area contributed by atoms with Crippen LogP contribution in [0.15, 0.2) is 5.16 Å². The Bertz CT molecular complexity index is 692. The number of esters is 1. The highest BCUT2D eigenvalue weighted by molar-refractivity contribution is 5.88. The Labute approximate surface area is 174 Å². The van der Waals surface area contributed by atoms with Crippen LogP contribution in [0.4, 0.5) is 0 Å². The van der Waals surface area contributed by atoms with Gasteiger partial charge in [-0.1, -0.05) is 19.0 Å². The van der Waals surface area contributed by atoms with Gasteiger partial charge in [-0.15, -0.1) is 0 Å². The topological polar surface area (TPSA) is 77.0 Å². The predicted molar refractivity (Wildman–Crippen MR) is 110 cm³/mol. The molecule has 3 saturated carbocycles. The van der Waals surface area contributed by atoms with E-state index < -0.39 is 0 Å². The smallest absolute Gasteiger partial charge is 0.306 e. The van der Waals surface area contributed by atoms with E-state index >= 15 is 0 Å². The quantitative estimate of drug-likeness (QED) is 0.431. The molecule has 1 N–H and O–H groups in total. The van der Waals surface area contributed by atoms with Crippen LogP contribution in [0.5, 0.6) is 0 Å². The van der Waals surface area contributed by atoms with Gasteiger partial charge >= 0.3 is 5.97 Å². The fourth-order valence-corrected chi connectivity index (χ4v) is 6.82. The summed E-state index contributed by atoms with van der Waals surface area (Å²) >= 11 is 0. The van der Waals surface area contributed by atoms with Crippen LogP contribution in [-0.4, -0.2) is 43.8 Å². The molecule has 0 radical (unpaired) electrons. The van der Waals surface area contributed by atoms with Crippen molar-refractivity contribution in [2.24, 2.45) is 33.7 Å². The summed E-state index contributed by atoms with van der Waals surface area (Å²) in [5.41, 5.74) is 0.759. The van der Waals surface area contributed by atoms with Gasteiger partial charge in [0.25, 0.3) is 0 Å². The number of nitrogens with one attached hydrogen (secondary N) is 1. The lowest BCUT2D eigenvalue weighted by Gasteiger charge is -2.52. The second kappa shape index (κ2) is 8.01. The number of ketones is 1. The number of oxime groups is 1. The number of nitrogens with zero attached hydrogens (tertiary/aromatic N) is 1. The van der Waals surface area contributed by atoms with Gasteiger partial charge in [0.15, 0.2) is 0 Å². The molecule has 1 aliphatic heterocycles. The van der Waals surface area contributed by atoms with Crippen molar-refractivity contribution in [1.29, 1.82) is 0 Å². The van der Waals surface area contributed by atoms with Crippen LogP contribution >= 0.6 is 0 Å². The van der Waals surface area contributed by atoms with Crippen LogP contribution < -0.4 is 5.32 Å². The Morgan fingerprint density at radius 3 is 2.76 bits per heavy atom. The summed E-state index contributed by atoms with van der Waals surface area (Å²) in [5, 5.41) is 7.46. The van der Waals surface area contributed by atoms with Crippen molar-refractivity contribution < 1.29 is 19.2 Å². The SMILES string of the molecule is CNCCCO/N=C1/CC[C@@]2(C)C(C1)OC(=O)C[C@@H]1[C@@H]2CC[C@]2(C)C(=O)CC[C@@H]12. The first-order valence-corrected chi connectivity index (χ1v) is 11.4. The maximum absolute atomic E-state index is 12.8. The fourth-order valence-electron chi connectivity index (χ4n) is 6.82. The van der Waals surface area contributed by atoms with Crippen LogP contribution in [0, 0.1) is 28.6 Å². The maximum Gasteiger partial charge on any atom is 0.306 e. The first-order chi connectivity index (χ1) is 13.9. The van der Waals surface area contributed by atoms with Gasteiger partial charge in [-0.2, -0.15) is 0 Å². The number of fused-ring (bicyclic) bond motifs is 5. The lowest BCUT2D eigenvalue weighted by Crippen LogP contribution is -2.51. The zero-order valence-electron chi connectivity index (χ0n) is 18.2. The fraction of sp³-hybridized carbons (Fsp3) is 0.870. The number of rotatable bonds is 5. The van der Waals surface area contributed by atoms with E-state index in [0.717, 1.165) is 50.8 Å². The van der Waals surface area contributed by atoms with E-state index in [4.69, 9.17) is 9.57 Å². The normalized spacial score (nSPS) is 43.2. The average molecular weight is 405 g/mol. The third-order valence-corrected chi connectivity index (χ3v) is 8.63. The van der Waals surface area contributed by atoms with Gasteiger partial charge < -0.3 is 14.9 Å². The second-order valence-corrected chi connectivity index (χ2v) is 10.1. The zero-order valence-corrected chi connectivity index (χ0v) is 18.2. The van der Waals surface area contributed by atoms with Gasteiger partial charge in [-0.25, -0.2) is 0 Å². The number of Topliss-reactive ketones (excluding diaryl/α,β-unsaturated/α-hetero) is 1. The zero-order chi connectivity index (χ0) is 20.6. The Kier molecular flexibility index (Phi) is 5.75. The molecule has 4 fully saturated rings. The lowest BCUT2D eigenvalue weighted by atomic mass is 9.51. The minimum atomic E-state index is -0.222.